The minimum atomic E-state index is 0.402. The predicted molar refractivity (Wildman–Crippen MR) is 147 cm³/mol. The molecule has 1 N–H and O–H groups in total. The zero-order valence-electron chi connectivity index (χ0n) is 21.8. The predicted octanol–water partition coefficient (Wildman–Crippen LogP) is 4.76. The Balaban J connectivity index is 1.04. The number of nitrogens with zero attached hydrogens (tertiary/aromatic N) is 7. The summed E-state index contributed by atoms with van der Waals surface area (Å²) < 4.78 is 14.3. The summed E-state index contributed by atoms with van der Waals surface area (Å²) in [7, 11) is 1.98. The van der Waals surface area contributed by atoms with Gasteiger partial charge >= 0.3 is 0 Å². The zero-order chi connectivity index (χ0) is 26.1. The molecule has 0 aliphatic carbocycles. The van der Waals surface area contributed by atoms with E-state index in [4.69, 9.17) is 14.5 Å². The van der Waals surface area contributed by atoms with Crippen molar-refractivity contribution >= 4 is 39.5 Å². The van der Waals surface area contributed by atoms with E-state index in [1.54, 1.807) is 18.9 Å². The number of nitrogens with one attached hydrogen (secondary N) is 1. The number of ether oxygens (including phenoxy) is 2. The number of hydrogen-bond acceptors (Lipinski definition) is 9. The van der Waals surface area contributed by atoms with Crippen LogP contribution in [0.15, 0.2) is 55.2 Å². The first-order chi connectivity index (χ1) is 19.1. The Morgan fingerprint density at radius 1 is 0.949 bits per heavy atom. The van der Waals surface area contributed by atoms with Crippen LogP contribution in [0.4, 0.5) is 17.5 Å². The molecule has 0 radical (unpaired) electrons. The number of anilines is 3. The number of rotatable bonds is 5. The van der Waals surface area contributed by atoms with Crippen molar-refractivity contribution in [3.63, 3.8) is 0 Å². The minimum Gasteiger partial charge on any atom is -0.457 e. The van der Waals surface area contributed by atoms with Gasteiger partial charge in [-0.2, -0.15) is 0 Å². The lowest BCUT2D eigenvalue weighted by atomic mass is 9.82. The van der Waals surface area contributed by atoms with Gasteiger partial charge in [-0.1, -0.05) is 0 Å². The van der Waals surface area contributed by atoms with Crippen molar-refractivity contribution in [3.05, 3.63) is 60.8 Å². The van der Waals surface area contributed by atoms with Crippen LogP contribution in [-0.2, 0) is 11.8 Å². The van der Waals surface area contributed by atoms with E-state index in [0.717, 1.165) is 52.8 Å². The van der Waals surface area contributed by atoms with E-state index in [1.807, 2.05) is 54.9 Å². The third kappa shape index (κ3) is 3.77. The van der Waals surface area contributed by atoms with Crippen LogP contribution in [0.25, 0.3) is 22.1 Å². The number of imidazole rings is 1. The summed E-state index contributed by atoms with van der Waals surface area (Å²) in [5.41, 5.74) is 5.28. The molecule has 0 unspecified atom stereocenters. The van der Waals surface area contributed by atoms with Gasteiger partial charge < -0.3 is 24.3 Å². The van der Waals surface area contributed by atoms with Crippen molar-refractivity contribution in [2.24, 2.45) is 18.9 Å². The van der Waals surface area contributed by atoms with Crippen LogP contribution < -0.4 is 15.0 Å². The maximum absolute atomic E-state index is 6.19. The summed E-state index contributed by atoms with van der Waals surface area (Å²) in [5, 5.41) is 3.44. The largest absolute Gasteiger partial charge is 0.457 e. The molecule has 3 aliphatic heterocycles. The molecule has 3 aliphatic rings. The standard InChI is InChI=1S/C29H28N8O2/c1-16-9-17(3-6-24(16)38-18-4-5-23-21(10-18)33-15-36(23)2)34-28-27-22(31-14-32-28)11-30-29(35-27)37-12-19-20(13-37)26-8-7-25(19)39-26/h3-6,9-11,14-15,19-20,25-26H,7-8,12-13H2,1-2H3,(H,31,32,34)/t19-,20+,25-,26-/m0/s1. The van der Waals surface area contributed by atoms with Crippen LogP contribution in [-0.4, -0.2) is 54.8 Å². The zero-order valence-corrected chi connectivity index (χ0v) is 21.8. The number of aromatic nitrogens is 6. The highest BCUT2D eigenvalue weighted by Crippen LogP contribution is 2.47. The highest BCUT2D eigenvalue weighted by atomic mass is 16.5. The molecule has 10 nitrogen and oxygen atoms in total. The molecule has 4 atom stereocenters. The van der Waals surface area contributed by atoms with Gasteiger partial charge in [0.15, 0.2) is 5.82 Å². The summed E-state index contributed by atoms with van der Waals surface area (Å²) in [6.45, 7) is 3.92. The molecule has 0 saturated carbocycles. The Morgan fingerprint density at radius 3 is 2.62 bits per heavy atom. The highest BCUT2D eigenvalue weighted by molar-refractivity contribution is 5.87. The molecule has 3 aromatic heterocycles. The first kappa shape index (κ1) is 22.7. The number of hydrogen-bond donors (Lipinski definition) is 1. The Labute approximate surface area is 225 Å². The fourth-order valence-corrected chi connectivity index (χ4v) is 6.50. The average molecular weight is 521 g/mol. The lowest BCUT2D eigenvalue weighted by Crippen LogP contribution is -2.26. The van der Waals surface area contributed by atoms with E-state index < -0.39 is 0 Å². The van der Waals surface area contributed by atoms with Gasteiger partial charge in [0, 0.05) is 43.7 Å². The SMILES string of the molecule is Cc1cc(Nc2ncnc3cnc(N4C[C@@H]5[C@H](C4)[C@@H]4CC[C@@H]5O4)nc23)ccc1Oc1ccc2c(c1)ncn2C. The van der Waals surface area contributed by atoms with Crippen LogP contribution in [0, 0.1) is 18.8 Å². The lowest BCUT2D eigenvalue weighted by molar-refractivity contribution is 0.0849. The summed E-state index contributed by atoms with van der Waals surface area (Å²) in [4.78, 5) is 25.2. The van der Waals surface area contributed by atoms with Crippen LogP contribution in [0.2, 0.25) is 0 Å². The summed E-state index contributed by atoms with van der Waals surface area (Å²) >= 11 is 0. The molecule has 5 aromatic rings. The molecule has 2 bridgehead atoms. The molecule has 39 heavy (non-hydrogen) atoms. The first-order valence-electron chi connectivity index (χ1n) is 13.4. The van der Waals surface area contributed by atoms with Gasteiger partial charge in [0.25, 0.3) is 0 Å². The maximum atomic E-state index is 6.19. The van der Waals surface area contributed by atoms with Gasteiger partial charge in [-0.15, -0.1) is 0 Å². The molecule has 0 amide bonds. The van der Waals surface area contributed by atoms with E-state index in [2.05, 4.69) is 30.2 Å². The van der Waals surface area contributed by atoms with Crippen molar-refractivity contribution in [2.45, 2.75) is 32.0 Å². The van der Waals surface area contributed by atoms with Crippen LogP contribution in [0.3, 0.4) is 0 Å². The number of benzene rings is 2. The second-order valence-electron chi connectivity index (χ2n) is 10.9. The molecular formula is C29H28N8O2. The van der Waals surface area contributed by atoms with Gasteiger partial charge in [-0.3, -0.25) is 0 Å². The Morgan fingerprint density at radius 2 is 1.79 bits per heavy atom. The molecule has 196 valence electrons. The number of aryl methyl sites for hydroxylation is 2. The minimum absolute atomic E-state index is 0.402. The molecular weight excluding hydrogens is 492 g/mol. The third-order valence-corrected chi connectivity index (χ3v) is 8.46. The number of fused-ring (bicyclic) bond motifs is 7. The fourth-order valence-electron chi connectivity index (χ4n) is 6.50. The van der Waals surface area contributed by atoms with Gasteiger partial charge in [-0.05, 0) is 55.7 Å². The van der Waals surface area contributed by atoms with Crippen molar-refractivity contribution in [1.82, 2.24) is 29.5 Å². The quantitative estimate of drug-likeness (QED) is 0.351. The van der Waals surface area contributed by atoms with E-state index in [1.165, 1.54) is 12.8 Å². The van der Waals surface area contributed by atoms with E-state index in [0.29, 0.717) is 40.9 Å². The van der Waals surface area contributed by atoms with Crippen molar-refractivity contribution < 1.29 is 9.47 Å². The molecule has 8 rings (SSSR count). The van der Waals surface area contributed by atoms with Gasteiger partial charge in [0.2, 0.25) is 5.95 Å². The van der Waals surface area contributed by atoms with Crippen molar-refractivity contribution in [2.75, 3.05) is 23.3 Å². The Hall–Kier alpha value is -4.31. The topological polar surface area (TPSA) is 103 Å². The lowest BCUT2D eigenvalue weighted by Gasteiger charge is -2.19. The van der Waals surface area contributed by atoms with Gasteiger partial charge in [-0.25, -0.2) is 24.9 Å². The summed E-state index contributed by atoms with van der Waals surface area (Å²) in [6.07, 6.45) is 8.31. The smallest absolute Gasteiger partial charge is 0.226 e. The van der Waals surface area contributed by atoms with Gasteiger partial charge in [0.05, 0.1) is 35.8 Å². The highest BCUT2D eigenvalue weighted by Gasteiger charge is 2.53. The summed E-state index contributed by atoms with van der Waals surface area (Å²) in [6, 6.07) is 11.9. The second-order valence-corrected chi connectivity index (χ2v) is 10.9. The molecule has 3 saturated heterocycles. The van der Waals surface area contributed by atoms with Crippen molar-refractivity contribution in [1.29, 1.82) is 0 Å². The van der Waals surface area contributed by atoms with Crippen molar-refractivity contribution in [3.8, 4) is 11.5 Å². The molecule has 6 heterocycles. The first-order valence-corrected chi connectivity index (χ1v) is 13.4. The van der Waals surface area contributed by atoms with Crippen LogP contribution >= 0.6 is 0 Å². The van der Waals surface area contributed by atoms with Crippen LogP contribution in [0.5, 0.6) is 11.5 Å². The Bertz CT molecular complexity index is 1720. The maximum Gasteiger partial charge on any atom is 0.226 e. The fraction of sp³-hybridized carbons (Fsp3) is 0.345. The van der Waals surface area contributed by atoms with E-state index in [-0.39, 0.29) is 0 Å². The average Bonchev–Trinajstić information content (AvgIpc) is 3.73. The normalized spacial score (nSPS) is 23.6. The van der Waals surface area contributed by atoms with E-state index >= 15 is 0 Å². The molecule has 10 heteroatoms. The second kappa shape index (κ2) is 8.60. The molecule has 2 aromatic carbocycles. The molecule has 3 fully saturated rings. The van der Waals surface area contributed by atoms with E-state index in [9.17, 15) is 0 Å². The van der Waals surface area contributed by atoms with Crippen LogP contribution in [0.1, 0.15) is 18.4 Å². The molecule has 0 spiro atoms. The Kier molecular flexibility index (Phi) is 5.00. The van der Waals surface area contributed by atoms with Gasteiger partial charge in [0.1, 0.15) is 28.9 Å². The monoisotopic (exact) mass is 520 g/mol. The third-order valence-electron chi connectivity index (χ3n) is 8.46. The summed E-state index contributed by atoms with van der Waals surface area (Å²) in [5.74, 6) is 4.09.